The minimum absolute atomic E-state index is 0.0432. The van der Waals surface area contributed by atoms with Crippen molar-refractivity contribution in [3.63, 3.8) is 0 Å². The summed E-state index contributed by atoms with van der Waals surface area (Å²) in [5.41, 5.74) is 1.23. The molecule has 0 saturated carbocycles. The maximum absolute atomic E-state index is 13.0. The summed E-state index contributed by atoms with van der Waals surface area (Å²) >= 11 is 0. The van der Waals surface area contributed by atoms with Gasteiger partial charge in [0.15, 0.2) is 0 Å². The van der Waals surface area contributed by atoms with Crippen molar-refractivity contribution >= 4 is 22.5 Å². The Morgan fingerprint density at radius 1 is 1.06 bits per heavy atom. The number of hydrogen-bond acceptors (Lipinski definition) is 3. The molecule has 0 atom stereocenters. The van der Waals surface area contributed by atoms with E-state index >= 15 is 0 Å². The van der Waals surface area contributed by atoms with Crippen LogP contribution in [0.2, 0.25) is 0 Å². The molecule has 1 amide bonds. The first-order chi connectivity index (χ1) is 14.8. The minimum Gasteiger partial charge on any atom is -0.371 e. The summed E-state index contributed by atoms with van der Waals surface area (Å²) < 4.78 is 51.9. The molecule has 4 rings (SSSR count). The van der Waals surface area contributed by atoms with Gasteiger partial charge in [0.25, 0.3) is 0 Å². The van der Waals surface area contributed by atoms with Gasteiger partial charge in [-0.25, -0.2) is 4.39 Å². The Hall–Kier alpha value is -3.16. The fourth-order valence-electron chi connectivity index (χ4n) is 3.90. The fourth-order valence-corrected chi connectivity index (χ4v) is 3.90. The van der Waals surface area contributed by atoms with Crippen LogP contribution in [0.1, 0.15) is 24.0 Å². The van der Waals surface area contributed by atoms with Crippen LogP contribution in [-0.4, -0.2) is 24.0 Å². The van der Waals surface area contributed by atoms with Gasteiger partial charge in [-0.05, 0) is 48.7 Å². The van der Waals surface area contributed by atoms with E-state index < -0.39 is 11.7 Å². The number of amides is 1. The van der Waals surface area contributed by atoms with Crippen molar-refractivity contribution in [3.05, 3.63) is 71.7 Å². The van der Waals surface area contributed by atoms with E-state index in [0.717, 1.165) is 23.4 Å². The molecule has 2 aromatic carbocycles. The van der Waals surface area contributed by atoms with Gasteiger partial charge in [0, 0.05) is 42.8 Å². The van der Waals surface area contributed by atoms with Crippen molar-refractivity contribution in [2.45, 2.75) is 25.6 Å². The molecule has 1 aliphatic heterocycles. The molecular formula is C23H21F4N3O. The summed E-state index contributed by atoms with van der Waals surface area (Å²) in [4.78, 5) is 18.7. The highest BCUT2D eigenvalue weighted by atomic mass is 19.4. The average Bonchev–Trinajstić information content (AvgIpc) is 2.77. The van der Waals surface area contributed by atoms with Gasteiger partial charge in [0.2, 0.25) is 5.91 Å². The fraction of sp³-hybridized carbons (Fsp3) is 0.304. The molecule has 1 fully saturated rings. The van der Waals surface area contributed by atoms with Crippen LogP contribution in [0.3, 0.4) is 0 Å². The number of carbonyl (C=O) groups is 1. The van der Waals surface area contributed by atoms with Gasteiger partial charge in [-0.1, -0.05) is 18.2 Å². The van der Waals surface area contributed by atoms with Gasteiger partial charge in [0.1, 0.15) is 5.82 Å². The first-order valence-corrected chi connectivity index (χ1v) is 10.0. The highest BCUT2D eigenvalue weighted by Crippen LogP contribution is 2.34. The standard InChI is InChI=1S/C23H21F4N3O/c24-18-4-1-15(2-5-18)14-29-22(31)16-8-11-30(12-9-16)21-7-10-28-20-13-17(23(25,26)27)3-6-19(20)21/h1-7,10,13,16H,8-9,11-12,14H2,(H,29,31). The Kier molecular flexibility index (Phi) is 5.80. The SMILES string of the molecule is O=C(NCc1ccc(F)cc1)C1CCN(c2ccnc3cc(C(F)(F)F)ccc23)CC1. The first kappa shape index (κ1) is 21.1. The number of rotatable bonds is 4. The summed E-state index contributed by atoms with van der Waals surface area (Å²) in [5.74, 6) is -0.499. The maximum Gasteiger partial charge on any atom is 0.416 e. The van der Waals surface area contributed by atoms with Gasteiger partial charge in [-0.2, -0.15) is 13.2 Å². The van der Waals surface area contributed by atoms with E-state index in [1.807, 2.05) is 0 Å². The number of piperidine rings is 1. The van der Waals surface area contributed by atoms with Gasteiger partial charge in [0.05, 0.1) is 11.1 Å². The van der Waals surface area contributed by atoms with Gasteiger partial charge >= 0.3 is 6.18 Å². The van der Waals surface area contributed by atoms with E-state index in [9.17, 15) is 22.4 Å². The maximum atomic E-state index is 13.0. The lowest BCUT2D eigenvalue weighted by Gasteiger charge is -2.33. The molecule has 0 radical (unpaired) electrons. The zero-order valence-electron chi connectivity index (χ0n) is 16.6. The lowest BCUT2D eigenvalue weighted by Crippen LogP contribution is -2.40. The smallest absolute Gasteiger partial charge is 0.371 e. The molecule has 162 valence electrons. The van der Waals surface area contributed by atoms with E-state index in [-0.39, 0.29) is 17.6 Å². The lowest BCUT2D eigenvalue weighted by molar-refractivity contribution is -0.137. The predicted molar refractivity (Wildman–Crippen MR) is 110 cm³/mol. The Morgan fingerprint density at radius 2 is 1.77 bits per heavy atom. The zero-order valence-corrected chi connectivity index (χ0v) is 16.6. The van der Waals surface area contributed by atoms with Gasteiger partial charge < -0.3 is 10.2 Å². The zero-order chi connectivity index (χ0) is 22.0. The van der Waals surface area contributed by atoms with E-state index in [1.165, 1.54) is 24.4 Å². The predicted octanol–water partition coefficient (Wildman–Crippen LogP) is 4.93. The van der Waals surface area contributed by atoms with Crippen LogP contribution in [0.25, 0.3) is 10.9 Å². The van der Waals surface area contributed by atoms with Crippen molar-refractivity contribution in [1.82, 2.24) is 10.3 Å². The summed E-state index contributed by atoms with van der Waals surface area (Å²) in [7, 11) is 0. The molecule has 1 aromatic heterocycles. The van der Waals surface area contributed by atoms with Crippen molar-refractivity contribution in [1.29, 1.82) is 0 Å². The van der Waals surface area contributed by atoms with Crippen molar-refractivity contribution in [2.75, 3.05) is 18.0 Å². The number of anilines is 1. The van der Waals surface area contributed by atoms with Crippen LogP contribution in [0, 0.1) is 11.7 Å². The van der Waals surface area contributed by atoms with Crippen LogP contribution in [0.15, 0.2) is 54.7 Å². The van der Waals surface area contributed by atoms with Gasteiger partial charge in [-0.15, -0.1) is 0 Å². The number of aromatic nitrogens is 1. The molecule has 0 bridgehead atoms. The first-order valence-electron chi connectivity index (χ1n) is 10.0. The number of carbonyl (C=O) groups excluding carboxylic acids is 1. The van der Waals surface area contributed by atoms with Crippen molar-refractivity contribution in [3.8, 4) is 0 Å². The number of nitrogens with one attached hydrogen (secondary N) is 1. The van der Waals surface area contributed by atoms with Crippen LogP contribution in [0.4, 0.5) is 23.2 Å². The topological polar surface area (TPSA) is 45.2 Å². The summed E-state index contributed by atoms with van der Waals surface area (Å²) in [6, 6.07) is 11.4. The number of nitrogens with zero attached hydrogens (tertiary/aromatic N) is 2. The summed E-state index contributed by atoms with van der Waals surface area (Å²) in [5, 5.41) is 3.56. The second kappa shape index (κ2) is 8.53. The van der Waals surface area contributed by atoms with E-state index in [1.54, 1.807) is 18.2 Å². The molecule has 2 heterocycles. The molecule has 1 N–H and O–H groups in total. The quantitative estimate of drug-likeness (QED) is 0.596. The van der Waals surface area contributed by atoms with Crippen LogP contribution in [-0.2, 0) is 17.5 Å². The molecule has 0 aliphatic carbocycles. The van der Waals surface area contributed by atoms with Crippen molar-refractivity contribution in [2.24, 2.45) is 5.92 Å². The lowest BCUT2D eigenvalue weighted by atomic mass is 9.95. The molecule has 0 unspecified atom stereocenters. The monoisotopic (exact) mass is 431 g/mol. The third-order valence-electron chi connectivity index (χ3n) is 5.63. The van der Waals surface area contributed by atoms with Crippen LogP contribution >= 0.6 is 0 Å². The highest BCUT2D eigenvalue weighted by Gasteiger charge is 2.31. The van der Waals surface area contributed by atoms with E-state index in [2.05, 4.69) is 15.2 Å². The minimum atomic E-state index is -4.41. The molecule has 4 nitrogen and oxygen atoms in total. The summed E-state index contributed by atoms with van der Waals surface area (Å²) in [6.07, 6.45) is -1.62. The third-order valence-corrected chi connectivity index (χ3v) is 5.63. The molecule has 8 heteroatoms. The molecular weight excluding hydrogens is 410 g/mol. The second-order valence-corrected chi connectivity index (χ2v) is 7.67. The molecule has 1 aliphatic rings. The Bertz CT molecular complexity index is 1070. The van der Waals surface area contributed by atoms with Gasteiger partial charge in [-0.3, -0.25) is 9.78 Å². The molecule has 3 aromatic rings. The van der Waals surface area contributed by atoms with Crippen LogP contribution in [0.5, 0.6) is 0 Å². The molecule has 1 saturated heterocycles. The number of hydrogen-bond donors (Lipinski definition) is 1. The van der Waals surface area contributed by atoms with E-state index in [0.29, 0.717) is 43.4 Å². The van der Waals surface area contributed by atoms with Crippen LogP contribution < -0.4 is 10.2 Å². The normalized spacial score (nSPS) is 15.3. The average molecular weight is 431 g/mol. The number of halogens is 4. The van der Waals surface area contributed by atoms with E-state index in [4.69, 9.17) is 0 Å². The number of alkyl halides is 3. The van der Waals surface area contributed by atoms with Crippen molar-refractivity contribution < 1.29 is 22.4 Å². The number of fused-ring (bicyclic) bond motifs is 1. The highest BCUT2D eigenvalue weighted by molar-refractivity contribution is 5.92. The Morgan fingerprint density at radius 3 is 2.45 bits per heavy atom. The summed E-state index contributed by atoms with van der Waals surface area (Å²) in [6.45, 7) is 1.58. The molecule has 0 spiro atoms. The second-order valence-electron chi connectivity index (χ2n) is 7.67. The number of benzene rings is 2. The number of pyridine rings is 1. The molecule has 31 heavy (non-hydrogen) atoms. The third kappa shape index (κ3) is 4.78. The Labute approximate surface area is 176 Å². The largest absolute Gasteiger partial charge is 0.416 e. The Balaban J connectivity index is 1.39.